The summed E-state index contributed by atoms with van der Waals surface area (Å²) < 4.78 is 16.9. The minimum Gasteiger partial charge on any atom is -0.462 e. The molecule has 6 heteroatoms. The van der Waals surface area contributed by atoms with Crippen molar-refractivity contribution in [1.82, 2.24) is 0 Å². The molecule has 6 nitrogen and oxygen atoms in total. The highest BCUT2D eigenvalue weighted by Gasteiger charge is 2.19. The minimum absolute atomic E-state index is 0.0950. The smallest absolute Gasteiger partial charge is 0.306 e. The molecule has 0 saturated heterocycles. The predicted molar refractivity (Wildman–Crippen MR) is 311 cm³/mol. The topological polar surface area (TPSA) is 78.9 Å². The number of unbranched alkanes of at least 4 members (excludes halogenated alkanes) is 29. The van der Waals surface area contributed by atoms with Crippen molar-refractivity contribution in [3.8, 4) is 0 Å². The fourth-order valence-electron chi connectivity index (χ4n) is 8.30. The summed E-state index contributed by atoms with van der Waals surface area (Å²) in [5.41, 5.74) is 0. The fraction of sp³-hybridized carbons (Fsp3) is 0.712. The van der Waals surface area contributed by atoms with Crippen molar-refractivity contribution in [2.75, 3.05) is 13.2 Å². The van der Waals surface area contributed by atoms with Crippen LogP contribution in [0.1, 0.15) is 284 Å². The van der Waals surface area contributed by atoms with Crippen LogP contribution < -0.4 is 0 Å². The van der Waals surface area contributed by atoms with Crippen molar-refractivity contribution in [2.45, 2.75) is 290 Å². The van der Waals surface area contributed by atoms with Gasteiger partial charge in [-0.2, -0.15) is 0 Å². The van der Waals surface area contributed by atoms with Gasteiger partial charge in [-0.3, -0.25) is 14.4 Å². The van der Waals surface area contributed by atoms with Gasteiger partial charge < -0.3 is 14.2 Å². The molecule has 412 valence electrons. The Balaban J connectivity index is 4.45. The summed E-state index contributed by atoms with van der Waals surface area (Å²) in [6.07, 6.45) is 79.7. The Morgan fingerprint density at radius 3 is 0.972 bits per heavy atom. The highest BCUT2D eigenvalue weighted by molar-refractivity contribution is 5.71. The van der Waals surface area contributed by atoms with Gasteiger partial charge in [0.25, 0.3) is 0 Å². The second-order valence-corrected chi connectivity index (χ2v) is 19.9. The Morgan fingerprint density at radius 1 is 0.306 bits per heavy atom. The predicted octanol–water partition coefficient (Wildman–Crippen LogP) is 20.5. The molecule has 0 aliphatic carbocycles. The number of esters is 3. The van der Waals surface area contributed by atoms with Crippen LogP contribution in [0.15, 0.2) is 97.2 Å². The maximum atomic E-state index is 12.9. The van der Waals surface area contributed by atoms with Crippen molar-refractivity contribution in [1.29, 1.82) is 0 Å². The Hall–Kier alpha value is -3.67. The van der Waals surface area contributed by atoms with E-state index in [1.165, 1.54) is 135 Å². The minimum atomic E-state index is -0.798. The third-order valence-electron chi connectivity index (χ3n) is 12.8. The van der Waals surface area contributed by atoms with E-state index in [2.05, 4.69) is 118 Å². The summed E-state index contributed by atoms with van der Waals surface area (Å²) in [5, 5.41) is 0. The third-order valence-corrected chi connectivity index (χ3v) is 12.8. The summed E-state index contributed by atoms with van der Waals surface area (Å²) in [6.45, 7) is 6.47. The van der Waals surface area contributed by atoms with Gasteiger partial charge in [0.1, 0.15) is 13.2 Å². The standard InChI is InChI=1S/C66H112O6/c1-4-7-10-13-16-19-22-25-28-31-33-35-38-41-44-47-50-53-56-59-65(68)71-62-63(61-70-64(67)58-55-52-49-46-43-40-37-30-27-24-21-18-15-12-9-6-3)72-66(69)60-57-54-51-48-45-42-39-36-34-32-29-26-23-20-17-14-11-8-5-2/h7,10,16-17,19-20,23,25-26,28,30,33,35,37,40,43,63H,4-6,8-9,11-15,18,21-22,24,27,29,31-32,34,36,38-39,41-42,44-62H2,1-3H3/b10-7-,19-16-,20-17-,26-23-,28-25-,35-33-,37-30-,43-40-. The first kappa shape index (κ1) is 68.3. The molecule has 0 radical (unpaired) electrons. The zero-order chi connectivity index (χ0) is 52.2. The molecule has 1 atom stereocenters. The molecule has 0 bridgehead atoms. The van der Waals surface area contributed by atoms with E-state index < -0.39 is 6.10 Å². The molecule has 0 aromatic rings. The van der Waals surface area contributed by atoms with E-state index in [1.54, 1.807) is 0 Å². The van der Waals surface area contributed by atoms with E-state index in [9.17, 15) is 14.4 Å². The molecule has 0 saturated carbocycles. The Kier molecular flexibility index (Phi) is 56.8. The summed E-state index contributed by atoms with van der Waals surface area (Å²) in [6, 6.07) is 0. The number of rotatable bonds is 54. The number of hydrogen-bond acceptors (Lipinski definition) is 6. The van der Waals surface area contributed by atoms with Gasteiger partial charge in [0, 0.05) is 19.3 Å². The molecule has 0 aromatic carbocycles. The monoisotopic (exact) mass is 1000 g/mol. The van der Waals surface area contributed by atoms with E-state index in [0.29, 0.717) is 19.3 Å². The first-order valence-corrected chi connectivity index (χ1v) is 30.3. The first-order valence-electron chi connectivity index (χ1n) is 30.3. The van der Waals surface area contributed by atoms with Crippen LogP contribution in [0.3, 0.4) is 0 Å². The van der Waals surface area contributed by atoms with Gasteiger partial charge in [-0.05, 0) is 109 Å². The lowest BCUT2D eigenvalue weighted by Crippen LogP contribution is -2.30. The maximum Gasteiger partial charge on any atom is 0.306 e. The SMILES string of the molecule is CC/C=C\C/C=C\C/C=C\C/C=C\CCCCCCCCC(=O)OCC(COC(=O)CCCCC/C=C\C=C/CCCCCCCCC)OC(=O)CCCCCCCCCCCC/C=C\C=C/CCCCC. The van der Waals surface area contributed by atoms with Gasteiger partial charge in [0.15, 0.2) is 6.10 Å². The molecular formula is C66H112O6. The van der Waals surface area contributed by atoms with Crippen LogP contribution >= 0.6 is 0 Å². The summed E-state index contributed by atoms with van der Waals surface area (Å²) >= 11 is 0. The van der Waals surface area contributed by atoms with Crippen LogP contribution in [0.5, 0.6) is 0 Å². The van der Waals surface area contributed by atoms with Crippen LogP contribution in [0.25, 0.3) is 0 Å². The van der Waals surface area contributed by atoms with E-state index in [4.69, 9.17) is 14.2 Å². The molecule has 0 aromatic heterocycles. The summed E-state index contributed by atoms with van der Waals surface area (Å²) in [5.74, 6) is -0.932. The first-order chi connectivity index (χ1) is 35.5. The number of allylic oxidation sites excluding steroid dienone is 16. The summed E-state index contributed by atoms with van der Waals surface area (Å²) in [4.78, 5) is 38.3. The Morgan fingerprint density at radius 2 is 0.583 bits per heavy atom. The normalized spacial score (nSPS) is 12.8. The summed E-state index contributed by atoms with van der Waals surface area (Å²) in [7, 11) is 0. The number of carbonyl (C=O) groups excluding carboxylic acids is 3. The molecule has 0 heterocycles. The van der Waals surface area contributed by atoms with E-state index in [-0.39, 0.29) is 31.1 Å². The zero-order valence-electron chi connectivity index (χ0n) is 47.2. The van der Waals surface area contributed by atoms with E-state index >= 15 is 0 Å². The van der Waals surface area contributed by atoms with Gasteiger partial charge in [-0.15, -0.1) is 0 Å². The maximum absolute atomic E-state index is 12.9. The lowest BCUT2D eigenvalue weighted by atomic mass is 10.1. The highest BCUT2D eigenvalue weighted by atomic mass is 16.6. The van der Waals surface area contributed by atoms with Crippen molar-refractivity contribution >= 4 is 17.9 Å². The molecular weight excluding hydrogens is 889 g/mol. The van der Waals surface area contributed by atoms with Gasteiger partial charge in [-0.1, -0.05) is 253 Å². The second-order valence-electron chi connectivity index (χ2n) is 19.9. The average molecular weight is 1000 g/mol. The molecule has 0 fully saturated rings. The van der Waals surface area contributed by atoms with Gasteiger partial charge >= 0.3 is 17.9 Å². The van der Waals surface area contributed by atoms with Crippen LogP contribution in [-0.2, 0) is 28.6 Å². The molecule has 0 aliphatic heterocycles. The Bertz CT molecular complexity index is 1430. The zero-order valence-corrected chi connectivity index (χ0v) is 47.2. The van der Waals surface area contributed by atoms with Crippen molar-refractivity contribution in [3.05, 3.63) is 97.2 Å². The third kappa shape index (κ3) is 57.2. The number of ether oxygens (including phenoxy) is 3. The molecule has 72 heavy (non-hydrogen) atoms. The van der Waals surface area contributed by atoms with Crippen LogP contribution in [-0.4, -0.2) is 37.2 Å². The van der Waals surface area contributed by atoms with Crippen LogP contribution in [0.2, 0.25) is 0 Å². The molecule has 0 aliphatic rings. The highest BCUT2D eigenvalue weighted by Crippen LogP contribution is 2.15. The molecule has 0 rings (SSSR count). The molecule has 0 N–H and O–H groups in total. The molecule has 1 unspecified atom stereocenters. The lowest BCUT2D eigenvalue weighted by molar-refractivity contribution is -0.167. The number of hydrogen-bond donors (Lipinski definition) is 0. The molecule has 0 amide bonds. The average Bonchev–Trinajstić information content (AvgIpc) is 3.38. The second kappa shape index (κ2) is 59.9. The Labute approximate surface area is 445 Å². The van der Waals surface area contributed by atoms with E-state index in [0.717, 1.165) is 109 Å². The van der Waals surface area contributed by atoms with Gasteiger partial charge in [-0.25, -0.2) is 0 Å². The van der Waals surface area contributed by atoms with Crippen LogP contribution in [0, 0.1) is 0 Å². The largest absolute Gasteiger partial charge is 0.462 e. The van der Waals surface area contributed by atoms with Crippen molar-refractivity contribution in [2.24, 2.45) is 0 Å². The molecule has 0 spiro atoms. The fourth-order valence-corrected chi connectivity index (χ4v) is 8.30. The van der Waals surface area contributed by atoms with Crippen molar-refractivity contribution < 1.29 is 28.6 Å². The van der Waals surface area contributed by atoms with Gasteiger partial charge in [0.2, 0.25) is 0 Å². The van der Waals surface area contributed by atoms with Gasteiger partial charge in [0.05, 0.1) is 0 Å². The lowest BCUT2D eigenvalue weighted by Gasteiger charge is -2.18. The van der Waals surface area contributed by atoms with Crippen LogP contribution in [0.4, 0.5) is 0 Å². The van der Waals surface area contributed by atoms with Crippen molar-refractivity contribution in [3.63, 3.8) is 0 Å². The van der Waals surface area contributed by atoms with E-state index in [1.807, 2.05) is 0 Å². The number of carbonyl (C=O) groups is 3. The quantitative estimate of drug-likeness (QED) is 0.0199.